The van der Waals surface area contributed by atoms with Gasteiger partial charge in [0.25, 0.3) is 0 Å². The molecule has 2 aromatic rings. The minimum Gasteiger partial charge on any atom is -0.478 e. The fourth-order valence-electron chi connectivity index (χ4n) is 1.17. The fourth-order valence-corrected chi connectivity index (χ4v) is 2.69. The van der Waals surface area contributed by atoms with E-state index in [-0.39, 0.29) is 5.56 Å². The molecule has 0 fully saturated rings. The number of carbonyl (C=O) groups is 1. The Kier molecular flexibility index (Phi) is 2.28. The summed E-state index contributed by atoms with van der Waals surface area (Å²) in [6.07, 6.45) is 0. The van der Waals surface area contributed by atoms with Gasteiger partial charge in [-0.05, 0) is 34.1 Å². The van der Waals surface area contributed by atoms with E-state index in [1.165, 1.54) is 23.5 Å². The SMILES string of the molecule is O=C(O)c1ccc2sc(Br)c(F)c2c1. The number of aromatic carboxylic acids is 1. The van der Waals surface area contributed by atoms with Gasteiger partial charge in [-0.15, -0.1) is 11.3 Å². The van der Waals surface area contributed by atoms with Crippen molar-refractivity contribution in [2.24, 2.45) is 0 Å². The summed E-state index contributed by atoms with van der Waals surface area (Å²) in [6.45, 7) is 0. The Morgan fingerprint density at radius 1 is 1.50 bits per heavy atom. The molecule has 1 aromatic heterocycles. The van der Waals surface area contributed by atoms with Crippen molar-refractivity contribution < 1.29 is 14.3 Å². The van der Waals surface area contributed by atoms with E-state index in [1.807, 2.05) is 0 Å². The molecular weight excluding hydrogens is 271 g/mol. The van der Waals surface area contributed by atoms with E-state index < -0.39 is 11.8 Å². The number of benzene rings is 1. The molecule has 2 nitrogen and oxygen atoms in total. The average molecular weight is 275 g/mol. The molecule has 1 heterocycles. The van der Waals surface area contributed by atoms with Crippen LogP contribution in [0, 0.1) is 5.82 Å². The maximum absolute atomic E-state index is 13.4. The summed E-state index contributed by atoms with van der Waals surface area (Å²) >= 11 is 4.31. The number of thiophene rings is 1. The van der Waals surface area contributed by atoms with Crippen LogP contribution in [0.3, 0.4) is 0 Å². The Balaban J connectivity index is 2.76. The van der Waals surface area contributed by atoms with Crippen molar-refractivity contribution in [3.8, 4) is 0 Å². The molecule has 0 spiro atoms. The molecular formula is C9H4BrFO2S. The van der Waals surface area contributed by atoms with Crippen molar-refractivity contribution in [3.63, 3.8) is 0 Å². The highest BCUT2D eigenvalue weighted by molar-refractivity contribution is 9.11. The van der Waals surface area contributed by atoms with Crippen LogP contribution in [0.4, 0.5) is 4.39 Å². The first kappa shape index (κ1) is 9.61. The van der Waals surface area contributed by atoms with E-state index in [0.717, 1.165) is 4.70 Å². The minimum absolute atomic E-state index is 0.0988. The maximum atomic E-state index is 13.4. The van der Waals surface area contributed by atoms with Crippen LogP contribution in [0.5, 0.6) is 0 Å². The lowest BCUT2D eigenvalue weighted by atomic mass is 10.2. The fraction of sp³-hybridized carbons (Fsp3) is 0. The van der Waals surface area contributed by atoms with Gasteiger partial charge in [0, 0.05) is 10.1 Å². The lowest BCUT2D eigenvalue weighted by Crippen LogP contribution is -1.94. The average Bonchev–Trinajstić information content (AvgIpc) is 2.43. The smallest absolute Gasteiger partial charge is 0.335 e. The Labute approximate surface area is 91.1 Å². The van der Waals surface area contributed by atoms with Crippen LogP contribution in [0.25, 0.3) is 10.1 Å². The first-order chi connectivity index (χ1) is 6.59. The maximum Gasteiger partial charge on any atom is 0.335 e. The van der Waals surface area contributed by atoms with Gasteiger partial charge in [0.2, 0.25) is 0 Å². The van der Waals surface area contributed by atoms with E-state index >= 15 is 0 Å². The highest BCUT2D eigenvalue weighted by Gasteiger charge is 2.12. The van der Waals surface area contributed by atoms with Gasteiger partial charge in [-0.25, -0.2) is 9.18 Å². The standard InChI is InChI=1S/C9H4BrFO2S/c10-8-7(11)5-3-4(9(12)13)1-2-6(5)14-8/h1-3H,(H,12,13). The van der Waals surface area contributed by atoms with Gasteiger partial charge in [0.05, 0.1) is 5.56 Å². The minimum atomic E-state index is -1.05. The Bertz CT molecular complexity index is 521. The zero-order valence-corrected chi connectivity index (χ0v) is 9.15. The lowest BCUT2D eigenvalue weighted by molar-refractivity contribution is 0.0697. The van der Waals surface area contributed by atoms with E-state index in [2.05, 4.69) is 15.9 Å². The summed E-state index contributed by atoms with van der Waals surface area (Å²) in [5, 5.41) is 9.06. The van der Waals surface area contributed by atoms with Crippen molar-refractivity contribution >= 4 is 43.3 Å². The molecule has 72 valence electrons. The van der Waals surface area contributed by atoms with Crippen LogP contribution in [-0.2, 0) is 0 Å². The van der Waals surface area contributed by atoms with Crippen LogP contribution in [0.1, 0.15) is 10.4 Å². The number of carboxylic acid groups (broad SMARTS) is 1. The van der Waals surface area contributed by atoms with Gasteiger partial charge in [-0.2, -0.15) is 0 Å². The highest BCUT2D eigenvalue weighted by Crippen LogP contribution is 2.34. The number of halogens is 2. The molecule has 0 atom stereocenters. The number of hydrogen-bond donors (Lipinski definition) is 1. The van der Waals surface area contributed by atoms with Gasteiger partial charge in [0.1, 0.15) is 3.79 Å². The van der Waals surface area contributed by atoms with E-state index in [1.54, 1.807) is 6.07 Å². The number of hydrogen-bond acceptors (Lipinski definition) is 2. The lowest BCUT2D eigenvalue weighted by Gasteiger charge is -1.93. The largest absolute Gasteiger partial charge is 0.478 e. The first-order valence-corrected chi connectivity index (χ1v) is 5.31. The molecule has 14 heavy (non-hydrogen) atoms. The van der Waals surface area contributed by atoms with Crippen molar-refractivity contribution in [1.82, 2.24) is 0 Å². The number of carboxylic acids is 1. The molecule has 0 saturated heterocycles. The van der Waals surface area contributed by atoms with Crippen molar-refractivity contribution in [1.29, 1.82) is 0 Å². The molecule has 0 bridgehead atoms. The van der Waals surface area contributed by atoms with Gasteiger partial charge in [-0.3, -0.25) is 0 Å². The third-order valence-electron chi connectivity index (χ3n) is 1.84. The monoisotopic (exact) mass is 274 g/mol. The van der Waals surface area contributed by atoms with Gasteiger partial charge < -0.3 is 5.11 Å². The second-order valence-corrected chi connectivity index (χ2v) is 5.08. The predicted octanol–water partition coefficient (Wildman–Crippen LogP) is 3.50. The van der Waals surface area contributed by atoms with E-state index in [4.69, 9.17) is 5.11 Å². The molecule has 0 amide bonds. The quantitative estimate of drug-likeness (QED) is 0.864. The Morgan fingerprint density at radius 2 is 2.21 bits per heavy atom. The van der Waals surface area contributed by atoms with Gasteiger partial charge in [0.15, 0.2) is 5.82 Å². The number of fused-ring (bicyclic) bond motifs is 1. The number of rotatable bonds is 1. The molecule has 0 aliphatic heterocycles. The van der Waals surface area contributed by atoms with Gasteiger partial charge >= 0.3 is 5.97 Å². The van der Waals surface area contributed by atoms with Crippen molar-refractivity contribution in [2.75, 3.05) is 0 Å². The molecule has 1 aromatic carbocycles. The summed E-state index contributed by atoms with van der Waals surface area (Å²) in [4.78, 5) is 10.6. The summed E-state index contributed by atoms with van der Waals surface area (Å²) in [5.41, 5.74) is 0.0988. The molecule has 2 rings (SSSR count). The van der Waals surface area contributed by atoms with Crippen LogP contribution < -0.4 is 0 Å². The summed E-state index contributed by atoms with van der Waals surface area (Å²) < 4.78 is 14.5. The second-order valence-electron chi connectivity index (χ2n) is 2.71. The third kappa shape index (κ3) is 1.42. The molecule has 1 N–H and O–H groups in total. The van der Waals surface area contributed by atoms with E-state index in [0.29, 0.717) is 9.17 Å². The predicted molar refractivity (Wildman–Crippen MR) is 56.4 cm³/mol. The molecule has 5 heteroatoms. The molecule has 0 unspecified atom stereocenters. The van der Waals surface area contributed by atoms with Crippen LogP contribution in [-0.4, -0.2) is 11.1 Å². The Morgan fingerprint density at radius 3 is 2.86 bits per heavy atom. The molecule has 0 aliphatic carbocycles. The van der Waals surface area contributed by atoms with Crippen LogP contribution in [0.15, 0.2) is 22.0 Å². The topological polar surface area (TPSA) is 37.3 Å². The third-order valence-corrected chi connectivity index (χ3v) is 3.60. The van der Waals surface area contributed by atoms with Crippen LogP contribution in [0.2, 0.25) is 0 Å². The summed E-state index contributed by atoms with van der Waals surface area (Å²) in [6, 6.07) is 4.42. The van der Waals surface area contributed by atoms with Crippen molar-refractivity contribution in [2.45, 2.75) is 0 Å². The van der Waals surface area contributed by atoms with Gasteiger partial charge in [-0.1, -0.05) is 0 Å². The summed E-state index contributed by atoms with van der Waals surface area (Å²) in [5.74, 6) is -1.44. The Hall–Kier alpha value is -0.940. The second kappa shape index (κ2) is 3.33. The molecule has 0 aliphatic rings. The molecule has 0 radical (unpaired) electrons. The van der Waals surface area contributed by atoms with E-state index in [9.17, 15) is 9.18 Å². The zero-order chi connectivity index (χ0) is 10.3. The van der Waals surface area contributed by atoms with Crippen molar-refractivity contribution in [3.05, 3.63) is 33.4 Å². The molecule has 0 saturated carbocycles. The highest BCUT2D eigenvalue weighted by atomic mass is 79.9. The normalized spacial score (nSPS) is 10.7. The van der Waals surface area contributed by atoms with Crippen LogP contribution >= 0.6 is 27.3 Å². The first-order valence-electron chi connectivity index (χ1n) is 3.70. The summed E-state index contributed by atoms with van der Waals surface area (Å²) in [7, 11) is 0. The zero-order valence-electron chi connectivity index (χ0n) is 6.75.